The standard InChI is InChI=1S/C25H25N3O5S/c1-16-26-24(27-33-16)18-12-14-19(15-13-18)28-21(17-8-4-2-5-9-17)23(22(29)25(28)30)34(31,32)20-10-6-3-7-11-20/h3,6-7,10-15,17,21,29H,2,4-5,8-9H2,1H3. The molecule has 9 heteroatoms. The van der Waals surface area contributed by atoms with E-state index in [4.69, 9.17) is 4.52 Å². The zero-order valence-corrected chi connectivity index (χ0v) is 19.5. The Balaban J connectivity index is 1.58. The zero-order valence-electron chi connectivity index (χ0n) is 18.7. The molecule has 176 valence electrons. The number of carbonyl (C=O) groups excluding carboxylic acids is 1. The van der Waals surface area contributed by atoms with Crippen LogP contribution >= 0.6 is 0 Å². The van der Waals surface area contributed by atoms with Crippen LogP contribution < -0.4 is 4.90 Å². The Hall–Kier alpha value is -3.46. The van der Waals surface area contributed by atoms with E-state index >= 15 is 0 Å². The fourth-order valence-electron chi connectivity index (χ4n) is 4.96. The van der Waals surface area contributed by atoms with Crippen molar-refractivity contribution in [1.82, 2.24) is 10.1 Å². The molecule has 1 aliphatic carbocycles. The van der Waals surface area contributed by atoms with Gasteiger partial charge in [0.15, 0.2) is 5.76 Å². The lowest BCUT2D eigenvalue weighted by Crippen LogP contribution is -2.42. The normalized spacial score (nSPS) is 19.7. The molecule has 2 aromatic carbocycles. The Morgan fingerprint density at radius 1 is 1.00 bits per heavy atom. The lowest BCUT2D eigenvalue weighted by Gasteiger charge is -2.35. The lowest BCUT2D eigenvalue weighted by atomic mass is 9.83. The third kappa shape index (κ3) is 3.79. The average Bonchev–Trinajstić information content (AvgIpc) is 3.41. The highest BCUT2D eigenvalue weighted by atomic mass is 32.2. The number of aromatic nitrogens is 2. The van der Waals surface area contributed by atoms with Crippen LogP contribution in [0.2, 0.25) is 0 Å². The van der Waals surface area contributed by atoms with Crippen LogP contribution in [0, 0.1) is 12.8 Å². The van der Waals surface area contributed by atoms with Gasteiger partial charge in [-0.25, -0.2) is 8.42 Å². The van der Waals surface area contributed by atoms with Crippen LogP contribution in [0.15, 0.2) is 74.7 Å². The van der Waals surface area contributed by atoms with Gasteiger partial charge in [-0.3, -0.25) is 9.69 Å². The Bertz CT molecular complexity index is 1340. The fraction of sp³-hybridized carbons (Fsp3) is 0.320. The summed E-state index contributed by atoms with van der Waals surface area (Å²) in [6, 6.07) is 14.2. The van der Waals surface area contributed by atoms with Gasteiger partial charge >= 0.3 is 0 Å². The van der Waals surface area contributed by atoms with Crippen molar-refractivity contribution in [3.05, 3.63) is 71.2 Å². The summed E-state index contributed by atoms with van der Waals surface area (Å²) < 4.78 is 32.3. The van der Waals surface area contributed by atoms with Crippen molar-refractivity contribution in [2.24, 2.45) is 5.92 Å². The molecule has 1 aromatic heterocycles. The highest BCUT2D eigenvalue weighted by Crippen LogP contribution is 2.43. The third-order valence-electron chi connectivity index (χ3n) is 6.57. The first-order valence-corrected chi connectivity index (χ1v) is 12.8. The van der Waals surface area contributed by atoms with Crippen molar-refractivity contribution in [3.8, 4) is 11.4 Å². The van der Waals surface area contributed by atoms with Crippen molar-refractivity contribution < 1.29 is 22.8 Å². The number of aliphatic hydroxyl groups is 1. The molecular weight excluding hydrogens is 454 g/mol. The minimum absolute atomic E-state index is 0.0647. The van der Waals surface area contributed by atoms with Gasteiger partial charge in [-0.15, -0.1) is 0 Å². The molecule has 1 fully saturated rings. The van der Waals surface area contributed by atoms with E-state index in [0.717, 1.165) is 32.1 Å². The summed E-state index contributed by atoms with van der Waals surface area (Å²) in [5, 5.41) is 14.8. The number of sulfone groups is 1. The number of aliphatic hydroxyl groups excluding tert-OH is 1. The SMILES string of the molecule is Cc1nc(-c2ccc(N3C(=O)C(O)=C(S(=O)(=O)c4ccccc4)C3C3CCCCC3)cc2)no1. The summed E-state index contributed by atoms with van der Waals surface area (Å²) in [5.41, 5.74) is 1.21. The Morgan fingerprint density at radius 3 is 2.29 bits per heavy atom. The minimum atomic E-state index is -4.07. The van der Waals surface area contributed by atoms with Gasteiger partial charge in [-0.05, 0) is 55.2 Å². The molecule has 1 amide bonds. The van der Waals surface area contributed by atoms with Gasteiger partial charge in [-0.2, -0.15) is 4.98 Å². The monoisotopic (exact) mass is 479 g/mol. The van der Waals surface area contributed by atoms with Gasteiger partial charge in [0, 0.05) is 18.2 Å². The molecule has 0 spiro atoms. The Labute approximate surface area is 197 Å². The summed E-state index contributed by atoms with van der Waals surface area (Å²) in [6.45, 7) is 1.70. The molecule has 2 aliphatic rings. The molecule has 2 heterocycles. The van der Waals surface area contributed by atoms with E-state index in [9.17, 15) is 18.3 Å². The molecule has 0 radical (unpaired) electrons. The zero-order chi connectivity index (χ0) is 23.9. The van der Waals surface area contributed by atoms with Crippen LogP contribution in [0.3, 0.4) is 0 Å². The lowest BCUT2D eigenvalue weighted by molar-refractivity contribution is -0.117. The molecule has 5 rings (SSSR count). The summed E-state index contributed by atoms with van der Waals surface area (Å²) >= 11 is 0. The number of hydrogen-bond donors (Lipinski definition) is 1. The summed E-state index contributed by atoms with van der Waals surface area (Å²) in [4.78, 5) is 18.8. The average molecular weight is 480 g/mol. The van der Waals surface area contributed by atoms with Gasteiger partial charge < -0.3 is 9.63 Å². The molecule has 1 saturated carbocycles. The predicted octanol–water partition coefficient (Wildman–Crippen LogP) is 4.58. The van der Waals surface area contributed by atoms with Crippen molar-refractivity contribution in [3.63, 3.8) is 0 Å². The molecule has 8 nitrogen and oxygen atoms in total. The van der Waals surface area contributed by atoms with Gasteiger partial charge in [0.25, 0.3) is 5.91 Å². The van der Waals surface area contributed by atoms with Gasteiger partial charge in [0.2, 0.25) is 21.6 Å². The first kappa shape index (κ1) is 22.3. The van der Waals surface area contributed by atoms with Gasteiger partial charge in [-0.1, -0.05) is 42.6 Å². The second kappa shape index (κ2) is 8.72. The summed E-state index contributed by atoms with van der Waals surface area (Å²) in [7, 11) is -4.07. The molecular formula is C25H25N3O5S. The Kier molecular flexibility index (Phi) is 5.73. The van der Waals surface area contributed by atoms with Crippen LogP contribution in [-0.4, -0.2) is 35.6 Å². The molecule has 0 bridgehead atoms. The largest absolute Gasteiger partial charge is 0.502 e. The molecule has 1 atom stereocenters. The van der Waals surface area contributed by atoms with E-state index in [-0.39, 0.29) is 15.7 Å². The predicted molar refractivity (Wildman–Crippen MR) is 126 cm³/mol. The quantitative estimate of drug-likeness (QED) is 0.569. The summed E-state index contributed by atoms with van der Waals surface area (Å²) in [6.07, 6.45) is 4.56. The van der Waals surface area contributed by atoms with E-state index in [1.807, 2.05) is 0 Å². The third-order valence-corrected chi connectivity index (χ3v) is 8.48. The first-order chi connectivity index (χ1) is 16.4. The van der Waals surface area contributed by atoms with Gasteiger partial charge in [0.1, 0.15) is 4.91 Å². The van der Waals surface area contributed by atoms with E-state index in [1.54, 1.807) is 49.4 Å². The van der Waals surface area contributed by atoms with E-state index < -0.39 is 27.5 Å². The Morgan fingerprint density at radius 2 is 1.68 bits per heavy atom. The number of benzene rings is 2. The van der Waals surface area contributed by atoms with E-state index in [1.165, 1.54) is 17.0 Å². The highest BCUT2D eigenvalue weighted by molar-refractivity contribution is 7.95. The first-order valence-electron chi connectivity index (χ1n) is 11.4. The second-order valence-electron chi connectivity index (χ2n) is 8.73. The van der Waals surface area contributed by atoms with Crippen LogP contribution in [0.25, 0.3) is 11.4 Å². The van der Waals surface area contributed by atoms with Crippen LogP contribution in [0.5, 0.6) is 0 Å². The minimum Gasteiger partial charge on any atom is -0.502 e. The number of nitrogens with zero attached hydrogens (tertiary/aromatic N) is 3. The van der Waals surface area contributed by atoms with E-state index in [2.05, 4.69) is 10.1 Å². The maximum atomic E-state index is 13.6. The maximum Gasteiger partial charge on any atom is 0.294 e. The smallest absolute Gasteiger partial charge is 0.294 e. The molecule has 34 heavy (non-hydrogen) atoms. The number of amides is 1. The number of rotatable bonds is 5. The fourth-order valence-corrected chi connectivity index (χ4v) is 6.68. The number of aryl methyl sites for hydroxylation is 1. The number of hydrogen-bond acceptors (Lipinski definition) is 7. The van der Waals surface area contributed by atoms with E-state index in [0.29, 0.717) is 23.0 Å². The number of anilines is 1. The van der Waals surface area contributed by atoms with Crippen molar-refractivity contribution in [2.75, 3.05) is 4.90 Å². The highest BCUT2D eigenvalue weighted by Gasteiger charge is 2.49. The molecule has 3 aromatic rings. The molecule has 1 aliphatic heterocycles. The van der Waals surface area contributed by atoms with Gasteiger partial charge in [0.05, 0.1) is 10.9 Å². The van der Waals surface area contributed by atoms with Crippen LogP contribution in [-0.2, 0) is 14.6 Å². The van der Waals surface area contributed by atoms with Crippen molar-refractivity contribution >= 4 is 21.4 Å². The number of carbonyl (C=O) groups is 1. The summed E-state index contributed by atoms with van der Waals surface area (Å²) in [5.74, 6) is -0.606. The molecule has 1 unspecified atom stereocenters. The van der Waals surface area contributed by atoms with Crippen molar-refractivity contribution in [1.29, 1.82) is 0 Å². The maximum absolute atomic E-state index is 13.6. The van der Waals surface area contributed by atoms with Crippen molar-refractivity contribution in [2.45, 2.75) is 50.0 Å². The second-order valence-corrected chi connectivity index (χ2v) is 10.6. The topological polar surface area (TPSA) is 114 Å². The molecule has 0 saturated heterocycles. The van der Waals surface area contributed by atoms with Crippen LogP contribution in [0.4, 0.5) is 5.69 Å². The molecule has 1 N–H and O–H groups in total. The van der Waals surface area contributed by atoms with Crippen LogP contribution in [0.1, 0.15) is 38.0 Å².